The molecule has 0 radical (unpaired) electrons. The summed E-state index contributed by atoms with van der Waals surface area (Å²) in [6, 6.07) is 25.9. The molecule has 1 amide bonds. The number of phenols is 1. The number of ether oxygens (including phenoxy) is 2. The van der Waals surface area contributed by atoms with E-state index in [9.17, 15) is 14.7 Å². The fourth-order valence-electron chi connectivity index (χ4n) is 6.69. The zero-order chi connectivity index (χ0) is 39.2. The van der Waals surface area contributed by atoms with Crippen molar-refractivity contribution < 1.29 is 24.2 Å². The molecule has 0 unspecified atom stereocenters. The largest absolute Gasteiger partial charge is 0.505 e. The minimum absolute atomic E-state index is 0.00974. The predicted molar refractivity (Wildman–Crippen MR) is 225 cm³/mol. The number of nitrogens with one attached hydrogen (secondary N) is 1. The topological polar surface area (TPSA) is 128 Å². The van der Waals surface area contributed by atoms with Gasteiger partial charge in [0.15, 0.2) is 0 Å². The number of benzene rings is 4. The summed E-state index contributed by atoms with van der Waals surface area (Å²) in [5.74, 6) is 0.938. The number of aromatic hydroxyl groups is 1. The van der Waals surface area contributed by atoms with Gasteiger partial charge in [0.2, 0.25) is 11.1 Å². The molecule has 1 aromatic heterocycles. The van der Waals surface area contributed by atoms with E-state index in [2.05, 4.69) is 27.8 Å². The van der Waals surface area contributed by atoms with E-state index in [4.69, 9.17) is 9.47 Å². The van der Waals surface area contributed by atoms with E-state index in [1.807, 2.05) is 54.6 Å². The van der Waals surface area contributed by atoms with Crippen LogP contribution in [0, 0.1) is 0 Å². The first-order valence-corrected chi connectivity index (χ1v) is 21.4. The average molecular weight is 780 g/mol. The van der Waals surface area contributed by atoms with Crippen molar-refractivity contribution in [2.24, 2.45) is 0 Å². The number of esters is 1. The van der Waals surface area contributed by atoms with Gasteiger partial charge in [-0.05, 0) is 53.2 Å². The van der Waals surface area contributed by atoms with Crippen LogP contribution in [0.25, 0.3) is 16.5 Å². The van der Waals surface area contributed by atoms with Gasteiger partial charge in [-0.2, -0.15) is 4.68 Å². The maximum atomic E-state index is 12.9. The number of thioether (sulfide) groups is 1. The van der Waals surface area contributed by atoms with Gasteiger partial charge < -0.3 is 19.9 Å². The quantitative estimate of drug-likeness (QED) is 0.0185. The van der Waals surface area contributed by atoms with Crippen LogP contribution < -0.4 is 14.8 Å². The summed E-state index contributed by atoms with van der Waals surface area (Å²) < 4.78 is 13.4. The zero-order valence-corrected chi connectivity index (χ0v) is 33.6. The summed E-state index contributed by atoms with van der Waals surface area (Å²) in [5.41, 5.74) is 2.06. The molecular formula is C45H57N5O5S. The van der Waals surface area contributed by atoms with Crippen molar-refractivity contribution >= 4 is 40.1 Å². The molecule has 10 nitrogen and oxygen atoms in total. The highest BCUT2D eigenvalue weighted by Crippen LogP contribution is 2.37. The van der Waals surface area contributed by atoms with Gasteiger partial charge in [-0.3, -0.25) is 9.59 Å². The first-order chi connectivity index (χ1) is 27.5. The molecule has 0 aliphatic carbocycles. The van der Waals surface area contributed by atoms with Gasteiger partial charge in [-0.25, -0.2) is 0 Å². The fourth-order valence-corrected chi connectivity index (χ4v) is 7.57. The maximum Gasteiger partial charge on any atom is 0.314 e. The van der Waals surface area contributed by atoms with E-state index in [1.54, 1.807) is 35.0 Å². The number of amides is 1. The summed E-state index contributed by atoms with van der Waals surface area (Å²) in [7, 11) is 0. The SMILES string of the molecule is CCCCCCCCCCCCCCCCCC(=O)Nc1ccc2c(OCCC(=O)Oc3ccccc3CSc3nnnn3-c3ccccc3)cccc2c1O. The van der Waals surface area contributed by atoms with Crippen LogP contribution in [-0.2, 0) is 15.3 Å². The maximum absolute atomic E-state index is 12.9. The smallest absolute Gasteiger partial charge is 0.314 e. The molecule has 0 fully saturated rings. The number of unbranched alkanes of at least 4 members (excludes halogenated alkanes) is 14. The molecule has 1 heterocycles. The first kappa shape index (κ1) is 42.2. The minimum atomic E-state index is -0.432. The Morgan fingerprint density at radius 1 is 0.696 bits per heavy atom. The molecule has 0 spiro atoms. The monoisotopic (exact) mass is 779 g/mol. The molecular weight excluding hydrogens is 723 g/mol. The number of hydrogen-bond acceptors (Lipinski definition) is 9. The Morgan fingerprint density at radius 2 is 1.34 bits per heavy atom. The molecule has 0 saturated heterocycles. The molecule has 11 heteroatoms. The molecule has 0 bridgehead atoms. The number of aromatic nitrogens is 4. The van der Waals surface area contributed by atoms with E-state index >= 15 is 0 Å². The highest BCUT2D eigenvalue weighted by molar-refractivity contribution is 7.98. The third-order valence-electron chi connectivity index (χ3n) is 9.83. The lowest BCUT2D eigenvalue weighted by Crippen LogP contribution is -2.13. The Hall–Kier alpha value is -4.90. The third-order valence-corrected chi connectivity index (χ3v) is 10.8. The van der Waals surface area contributed by atoms with Crippen LogP contribution in [0.15, 0.2) is 90.1 Å². The second-order valence-electron chi connectivity index (χ2n) is 14.2. The standard InChI is InChI=1S/C45H57N5O5S/c1-2-3-4-5-6-7-8-9-10-11-12-13-14-15-19-29-42(51)46-39-31-30-37-38(44(39)53)26-22-28-41(37)54-33-32-43(52)55-40-27-21-20-23-35(40)34-56-45-47-48-49-50(45)36-24-17-16-18-25-36/h16-18,20-28,30-31,53H,2-15,19,29,32-34H2,1H3,(H,46,51). The number of fused-ring (bicyclic) bond motifs is 1. The summed E-state index contributed by atoms with van der Waals surface area (Å²) in [5, 5.41) is 27.9. The van der Waals surface area contributed by atoms with E-state index in [0.717, 1.165) is 30.5 Å². The van der Waals surface area contributed by atoms with Crippen molar-refractivity contribution in [3.05, 3.63) is 90.5 Å². The fraction of sp³-hybridized carbons (Fsp3) is 0.444. The normalized spacial score (nSPS) is 11.2. The number of para-hydroxylation sites is 2. The Balaban J connectivity index is 0.996. The Kier molecular flexibility index (Phi) is 18.0. The van der Waals surface area contributed by atoms with Gasteiger partial charge in [0.05, 0.1) is 24.4 Å². The average Bonchev–Trinajstić information content (AvgIpc) is 3.69. The second-order valence-corrected chi connectivity index (χ2v) is 15.2. The van der Waals surface area contributed by atoms with Crippen molar-refractivity contribution in [3.8, 4) is 22.9 Å². The Labute approximate surface area is 335 Å². The molecule has 56 heavy (non-hydrogen) atoms. The minimum Gasteiger partial charge on any atom is -0.505 e. The van der Waals surface area contributed by atoms with Gasteiger partial charge in [-0.1, -0.05) is 157 Å². The van der Waals surface area contributed by atoms with Gasteiger partial charge in [0.25, 0.3) is 0 Å². The molecule has 298 valence electrons. The molecule has 0 saturated carbocycles. The van der Waals surface area contributed by atoms with Crippen LogP contribution in [0.3, 0.4) is 0 Å². The summed E-state index contributed by atoms with van der Waals surface area (Å²) in [6.07, 6.45) is 19.6. The van der Waals surface area contributed by atoms with Crippen molar-refractivity contribution in [2.45, 2.75) is 127 Å². The summed E-state index contributed by atoms with van der Waals surface area (Å²) >= 11 is 1.44. The number of hydrogen-bond donors (Lipinski definition) is 2. The Morgan fingerprint density at radius 3 is 2.05 bits per heavy atom. The molecule has 0 atom stereocenters. The summed E-state index contributed by atoms with van der Waals surface area (Å²) in [6.45, 7) is 2.35. The zero-order valence-electron chi connectivity index (χ0n) is 32.8. The third kappa shape index (κ3) is 13.7. The lowest BCUT2D eigenvalue weighted by molar-refractivity contribution is -0.135. The second kappa shape index (κ2) is 23.9. The molecule has 4 aromatic carbocycles. The van der Waals surface area contributed by atoms with Gasteiger partial charge in [-0.15, -0.1) is 5.10 Å². The van der Waals surface area contributed by atoms with Crippen LogP contribution >= 0.6 is 11.8 Å². The number of phenolic OH excluding ortho intramolecular Hbond substituents is 1. The number of tetrazole rings is 1. The van der Waals surface area contributed by atoms with E-state index in [0.29, 0.717) is 45.3 Å². The lowest BCUT2D eigenvalue weighted by atomic mass is 10.0. The number of rotatable bonds is 26. The molecule has 0 aliphatic rings. The Bertz CT molecular complexity index is 1940. The number of anilines is 1. The number of carbonyl (C=O) groups is 2. The van der Waals surface area contributed by atoms with Crippen LogP contribution in [0.4, 0.5) is 5.69 Å². The van der Waals surface area contributed by atoms with Gasteiger partial charge >= 0.3 is 5.97 Å². The predicted octanol–water partition coefficient (Wildman–Crippen LogP) is 11.4. The van der Waals surface area contributed by atoms with Crippen LogP contribution in [0.5, 0.6) is 17.2 Å². The lowest BCUT2D eigenvalue weighted by Gasteiger charge is -2.13. The summed E-state index contributed by atoms with van der Waals surface area (Å²) in [4.78, 5) is 25.6. The van der Waals surface area contributed by atoms with E-state index in [1.165, 1.54) is 88.8 Å². The van der Waals surface area contributed by atoms with Gasteiger partial charge in [0.1, 0.15) is 17.2 Å². The van der Waals surface area contributed by atoms with E-state index < -0.39 is 5.97 Å². The molecule has 5 rings (SSSR count). The van der Waals surface area contributed by atoms with Crippen molar-refractivity contribution in [1.82, 2.24) is 20.2 Å². The highest BCUT2D eigenvalue weighted by atomic mass is 32.2. The van der Waals surface area contributed by atoms with E-state index in [-0.39, 0.29) is 24.7 Å². The highest BCUT2D eigenvalue weighted by Gasteiger charge is 2.15. The van der Waals surface area contributed by atoms with Crippen molar-refractivity contribution in [1.29, 1.82) is 0 Å². The van der Waals surface area contributed by atoms with Crippen LogP contribution in [-0.4, -0.2) is 43.8 Å². The van der Waals surface area contributed by atoms with Crippen molar-refractivity contribution in [2.75, 3.05) is 11.9 Å². The van der Waals surface area contributed by atoms with Gasteiger partial charge in [0, 0.05) is 28.5 Å². The van der Waals surface area contributed by atoms with Crippen molar-refractivity contribution in [3.63, 3.8) is 0 Å². The number of carbonyl (C=O) groups excluding carboxylic acids is 2. The molecule has 5 aromatic rings. The first-order valence-electron chi connectivity index (χ1n) is 20.5. The van der Waals surface area contributed by atoms with Crippen LogP contribution in [0.1, 0.15) is 122 Å². The number of nitrogens with zero attached hydrogens (tertiary/aromatic N) is 4. The molecule has 0 aliphatic heterocycles. The van der Waals surface area contributed by atoms with Crippen LogP contribution in [0.2, 0.25) is 0 Å². The molecule has 2 N–H and O–H groups in total.